The monoisotopic (exact) mass is 318 g/mol. The first kappa shape index (κ1) is 15.9. The average Bonchev–Trinajstić information content (AvgIpc) is 2.49. The number of nitrogens with one attached hydrogen (secondary N) is 2. The van der Waals surface area contributed by atoms with E-state index in [-0.39, 0.29) is 5.91 Å². The lowest BCUT2D eigenvalue weighted by atomic mass is 10.2. The molecule has 0 saturated heterocycles. The summed E-state index contributed by atoms with van der Waals surface area (Å²) >= 11 is 5.85. The fourth-order valence-electron chi connectivity index (χ4n) is 1.75. The van der Waals surface area contributed by atoms with E-state index in [4.69, 9.17) is 16.3 Å². The minimum Gasteiger partial charge on any atom is -0.450 e. The highest BCUT2D eigenvalue weighted by atomic mass is 35.5. The number of ether oxygens (including phenoxy) is 1. The lowest BCUT2D eigenvalue weighted by Gasteiger charge is -2.08. The second kappa shape index (κ2) is 7.47. The van der Waals surface area contributed by atoms with E-state index in [0.29, 0.717) is 28.6 Å². The zero-order chi connectivity index (χ0) is 15.9. The molecule has 2 N–H and O–H groups in total. The normalized spacial score (nSPS) is 9.91. The van der Waals surface area contributed by atoms with Crippen LogP contribution >= 0.6 is 11.6 Å². The van der Waals surface area contributed by atoms with Crippen LogP contribution in [0.15, 0.2) is 48.5 Å². The second-order valence-corrected chi connectivity index (χ2v) is 4.82. The third kappa shape index (κ3) is 4.49. The number of anilines is 2. The van der Waals surface area contributed by atoms with E-state index in [9.17, 15) is 9.59 Å². The van der Waals surface area contributed by atoms with E-state index in [1.165, 1.54) is 0 Å². The molecule has 0 aliphatic heterocycles. The van der Waals surface area contributed by atoms with Crippen molar-refractivity contribution in [3.63, 3.8) is 0 Å². The van der Waals surface area contributed by atoms with Gasteiger partial charge in [0.05, 0.1) is 6.61 Å². The van der Waals surface area contributed by atoms with Crippen LogP contribution in [0, 0.1) is 0 Å². The number of carbonyl (C=O) groups excluding carboxylic acids is 2. The van der Waals surface area contributed by atoms with Crippen LogP contribution in [0.2, 0.25) is 5.02 Å². The predicted octanol–water partition coefficient (Wildman–Crippen LogP) is 4.16. The Kier molecular flexibility index (Phi) is 5.38. The molecule has 2 rings (SSSR count). The first-order chi connectivity index (χ1) is 10.6. The SMILES string of the molecule is CCOC(=O)Nc1ccc(NC(=O)c2cccc(Cl)c2)cc1. The first-order valence-electron chi connectivity index (χ1n) is 6.69. The molecule has 6 heteroatoms. The molecule has 114 valence electrons. The number of rotatable bonds is 4. The molecular formula is C16H15ClN2O3. The molecule has 0 atom stereocenters. The summed E-state index contributed by atoms with van der Waals surface area (Å²) in [6, 6.07) is 13.4. The number of hydrogen-bond acceptors (Lipinski definition) is 3. The molecule has 0 saturated carbocycles. The highest BCUT2D eigenvalue weighted by Crippen LogP contribution is 2.16. The van der Waals surface area contributed by atoms with Crippen LogP contribution in [0.1, 0.15) is 17.3 Å². The van der Waals surface area contributed by atoms with Crippen molar-refractivity contribution < 1.29 is 14.3 Å². The van der Waals surface area contributed by atoms with Gasteiger partial charge in [-0.15, -0.1) is 0 Å². The molecule has 5 nitrogen and oxygen atoms in total. The van der Waals surface area contributed by atoms with Crippen LogP contribution in [0.3, 0.4) is 0 Å². The van der Waals surface area contributed by atoms with Gasteiger partial charge in [0.25, 0.3) is 5.91 Å². The molecule has 0 unspecified atom stereocenters. The van der Waals surface area contributed by atoms with Crippen molar-refractivity contribution in [3.8, 4) is 0 Å². The van der Waals surface area contributed by atoms with E-state index in [1.54, 1.807) is 55.5 Å². The fourth-order valence-corrected chi connectivity index (χ4v) is 1.95. The van der Waals surface area contributed by atoms with Crippen molar-refractivity contribution in [2.45, 2.75) is 6.92 Å². The molecule has 2 amide bonds. The molecule has 2 aromatic rings. The Hall–Kier alpha value is -2.53. The van der Waals surface area contributed by atoms with Gasteiger partial charge in [-0.05, 0) is 49.4 Å². The standard InChI is InChI=1S/C16H15ClN2O3/c1-2-22-16(21)19-14-8-6-13(7-9-14)18-15(20)11-4-3-5-12(17)10-11/h3-10H,2H2,1H3,(H,18,20)(H,19,21). The lowest BCUT2D eigenvalue weighted by molar-refractivity contribution is 0.102. The van der Waals surface area contributed by atoms with Gasteiger partial charge in [-0.3, -0.25) is 10.1 Å². The molecule has 0 aromatic heterocycles. The minimum atomic E-state index is -0.516. The summed E-state index contributed by atoms with van der Waals surface area (Å²) in [5, 5.41) is 5.82. The zero-order valence-corrected chi connectivity index (χ0v) is 12.7. The second-order valence-electron chi connectivity index (χ2n) is 4.39. The van der Waals surface area contributed by atoms with Crippen LogP contribution < -0.4 is 10.6 Å². The summed E-state index contributed by atoms with van der Waals surface area (Å²) in [7, 11) is 0. The van der Waals surface area contributed by atoms with Crippen LogP contribution in [-0.2, 0) is 4.74 Å². The van der Waals surface area contributed by atoms with Crippen LogP contribution in [0.4, 0.5) is 16.2 Å². The van der Waals surface area contributed by atoms with Crippen molar-refractivity contribution in [3.05, 3.63) is 59.1 Å². The number of hydrogen-bond donors (Lipinski definition) is 2. The van der Waals surface area contributed by atoms with Gasteiger partial charge in [0.15, 0.2) is 0 Å². The van der Waals surface area contributed by atoms with Crippen molar-refractivity contribution in [2.24, 2.45) is 0 Å². The maximum atomic E-state index is 12.1. The molecule has 0 aliphatic rings. The number of carbonyl (C=O) groups is 2. The molecule has 2 aromatic carbocycles. The highest BCUT2D eigenvalue weighted by molar-refractivity contribution is 6.31. The van der Waals surface area contributed by atoms with Crippen molar-refractivity contribution >= 4 is 35.0 Å². The van der Waals surface area contributed by atoms with Gasteiger partial charge in [0.1, 0.15) is 0 Å². The number of amides is 2. The van der Waals surface area contributed by atoms with Gasteiger partial charge in [-0.25, -0.2) is 4.79 Å². The Bertz CT molecular complexity index is 671. The van der Waals surface area contributed by atoms with Gasteiger partial charge in [-0.2, -0.15) is 0 Å². The molecule has 0 radical (unpaired) electrons. The van der Waals surface area contributed by atoms with Crippen LogP contribution in [0.5, 0.6) is 0 Å². The summed E-state index contributed by atoms with van der Waals surface area (Å²) < 4.78 is 4.78. The fraction of sp³-hybridized carbons (Fsp3) is 0.125. The van der Waals surface area contributed by atoms with Crippen LogP contribution in [-0.4, -0.2) is 18.6 Å². The maximum Gasteiger partial charge on any atom is 0.411 e. The van der Waals surface area contributed by atoms with Gasteiger partial charge in [-0.1, -0.05) is 17.7 Å². The van der Waals surface area contributed by atoms with E-state index in [1.807, 2.05) is 0 Å². The van der Waals surface area contributed by atoms with Crippen molar-refractivity contribution in [1.29, 1.82) is 0 Å². The quantitative estimate of drug-likeness (QED) is 0.889. The predicted molar refractivity (Wildman–Crippen MR) is 86.5 cm³/mol. The molecule has 0 aliphatic carbocycles. The zero-order valence-electron chi connectivity index (χ0n) is 11.9. The average molecular weight is 319 g/mol. The van der Waals surface area contributed by atoms with Gasteiger partial charge < -0.3 is 10.1 Å². The summed E-state index contributed by atoms with van der Waals surface area (Å²) in [4.78, 5) is 23.3. The molecule has 0 fully saturated rings. The topological polar surface area (TPSA) is 67.4 Å². The molecule has 0 spiro atoms. The molecule has 22 heavy (non-hydrogen) atoms. The number of halogens is 1. The third-order valence-corrected chi connectivity index (χ3v) is 2.99. The van der Waals surface area contributed by atoms with Gasteiger partial charge in [0.2, 0.25) is 0 Å². The maximum absolute atomic E-state index is 12.1. The smallest absolute Gasteiger partial charge is 0.411 e. The summed E-state index contributed by atoms with van der Waals surface area (Å²) in [6.07, 6.45) is -0.516. The molecule has 0 bridgehead atoms. The highest BCUT2D eigenvalue weighted by Gasteiger charge is 2.07. The van der Waals surface area contributed by atoms with Crippen molar-refractivity contribution in [2.75, 3.05) is 17.2 Å². The molecular weight excluding hydrogens is 304 g/mol. The van der Waals surface area contributed by atoms with E-state index < -0.39 is 6.09 Å². The van der Waals surface area contributed by atoms with Gasteiger partial charge in [0, 0.05) is 22.0 Å². The first-order valence-corrected chi connectivity index (χ1v) is 7.07. The largest absolute Gasteiger partial charge is 0.450 e. The van der Waals surface area contributed by atoms with E-state index in [0.717, 1.165) is 0 Å². The summed E-state index contributed by atoms with van der Waals surface area (Å²) in [6.45, 7) is 2.04. The number of benzene rings is 2. The molecule has 0 heterocycles. The van der Waals surface area contributed by atoms with E-state index in [2.05, 4.69) is 10.6 Å². The van der Waals surface area contributed by atoms with Gasteiger partial charge >= 0.3 is 6.09 Å². The minimum absolute atomic E-state index is 0.256. The van der Waals surface area contributed by atoms with E-state index >= 15 is 0 Å². The summed E-state index contributed by atoms with van der Waals surface area (Å²) in [5.74, 6) is -0.256. The Balaban J connectivity index is 1.99. The Morgan fingerprint density at radius 3 is 2.27 bits per heavy atom. The summed E-state index contributed by atoms with van der Waals surface area (Å²) in [5.41, 5.74) is 1.67. The van der Waals surface area contributed by atoms with Crippen molar-refractivity contribution in [1.82, 2.24) is 0 Å². The Labute approximate surface area is 133 Å². The Morgan fingerprint density at radius 1 is 1.05 bits per heavy atom. The van der Waals surface area contributed by atoms with Crippen LogP contribution in [0.25, 0.3) is 0 Å². The lowest BCUT2D eigenvalue weighted by Crippen LogP contribution is -2.14. The Morgan fingerprint density at radius 2 is 1.68 bits per heavy atom. The third-order valence-electron chi connectivity index (χ3n) is 2.75.